The van der Waals surface area contributed by atoms with Crippen molar-refractivity contribution in [3.8, 4) is 5.75 Å². The first-order chi connectivity index (χ1) is 13.0. The van der Waals surface area contributed by atoms with E-state index in [2.05, 4.69) is 10.4 Å². The normalized spacial score (nSPS) is 19.6. The fraction of sp³-hybridized carbons (Fsp3) is 0.421. The molecular weight excluding hydrogens is 348 g/mol. The molecule has 0 unspecified atom stereocenters. The molecule has 8 nitrogen and oxygen atoms in total. The van der Waals surface area contributed by atoms with E-state index in [4.69, 9.17) is 10.5 Å². The third kappa shape index (κ3) is 3.34. The van der Waals surface area contributed by atoms with Gasteiger partial charge in [0.1, 0.15) is 11.6 Å². The predicted molar refractivity (Wildman–Crippen MR) is 98.8 cm³/mol. The van der Waals surface area contributed by atoms with E-state index in [1.807, 2.05) is 10.7 Å². The van der Waals surface area contributed by atoms with Crippen molar-refractivity contribution in [2.24, 2.45) is 5.73 Å². The Kier molecular flexibility index (Phi) is 4.47. The predicted octanol–water partition coefficient (Wildman–Crippen LogP) is 1.63. The molecule has 1 saturated carbocycles. The van der Waals surface area contributed by atoms with E-state index in [0.717, 1.165) is 31.2 Å². The molecule has 2 aliphatic rings. The molecule has 4 rings (SSSR count). The number of nitrogens with two attached hydrogens (primary N) is 1. The van der Waals surface area contributed by atoms with Crippen molar-refractivity contribution in [3.05, 3.63) is 45.7 Å². The van der Waals surface area contributed by atoms with E-state index in [-0.39, 0.29) is 36.5 Å². The van der Waals surface area contributed by atoms with Crippen LogP contribution in [0.15, 0.2) is 29.1 Å². The highest BCUT2D eigenvalue weighted by Crippen LogP contribution is 2.39. The van der Waals surface area contributed by atoms with E-state index in [1.165, 1.54) is 0 Å². The summed E-state index contributed by atoms with van der Waals surface area (Å²) in [5.41, 5.74) is 6.32. The van der Waals surface area contributed by atoms with Crippen molar-refractivity contribution in [1.29, 1.82) is 0 Å². The lowest BCUT2D eigenvalue weighted by Crippen LogP contribution is -2.27. The first kappa shape index (κ1) is 17.4. The second-order valence-corrected chi connectivity index (χ2v) is 7.14. The Bertz CT molecular complexity index is 939. The fourth-order valence-corrected chi connectivity index (χ4v) is 4.08. The van der Waals surface area contributed by atoms with Gasteiger partial charge in [0.25, 0.3) is 11.5 Å². The number of ether oxygens (including phenoxy) is 1. The molecule has 0 spiro atoms. The number of nitrogens with one attached hydrogen (secondary N) is 2. The van der Waals surface area contributed by atoms with Crippen LogP contribution in [0.3, 0.4) is 0 Å². The molecule has 27 heavy (non-hydrogen) atoms. The lowest BCUT2D eigenvalue weighted by Gasteiger charge is -2.25. The zero-order chi connectivity index (χ0) is 19.0. The smallest absolute Gasteiger partial charge is 0.270 e. The highest BCUT2D eigenvalue weighted by atomic mass is 16.5. The van der Waals surface area contributed by atoms with Crippen molar-refractivity contribution in [2.75, 3.05) is 11.9 Å². The molecule has 8 heteroatoms. The highest BCUT2D eigenvalue weighted by molar-refractivity contribution is 5.94. The lowest BCUT2D eigenvalue weighted by atomic mass is 9.87. The molecule has 4 N–H and O–H groups in total. The summed E-state index contributed by atoms with van der Waals surface area (Å²) >= 11 is 0. The summed E-state index contributed by atoms with van der Waals surface area (Å²) < 4.78 is 7.20. The Labute approximate surface area is 155 Å². The SMILES string of the molecule is NC(=O)COc1cccc([C@@H]2CC(=O)Nc3c2c(=O)[nH]n3C2CCCC2)c1. The van der Waals surface area contributed by atoms with Crippen molar-refractivity contribution >= 4 is 17.6 Å². The standard InChI is InChI=1S/C19H22N4O4/c20-15(24)10-27-13-7-3-4-11(8-13)14-9-16(25)21-18-17(14)19(26)22-23(18)12-5-1-2-6-12/h3-4,7-8,12,14H,1-2,5-6,9-10H2,(H2,20,24)(H,21,25)(H,22,26)/t14-/m0/s1. The van der Waals surface area contributed by atoms with Crippen LogP contribution in [0.25, 0.3) is 0 Å². The van der Waals surface area contributed by atoms with Gasteiger partial charge < -0.3 is 15.8 Å². The van der Waals surface area contributed by atoms with E-state index < -0.39 is 5.91 Å². The van der Waals surface area contributed by atoms with Gasteiger partial charge in [-0.05, 0) is 30.5 Å². The summed E-state index contributed by atoms with van der Waals surface area (Å²) in [7, 11) is 0. The maximum Gasteiger partial charge on any atom is 0.270 e. The highest BCUT2D eigenvalue weighted by Gasteiger charge is 2.34. The summed E-state index contributed by atoms with van der Waals surface area (Å²) in [6.07, 6.45) is 4.42. The van der Waals surface area contributed by atoms with Gasteiger partial charge in [-0.3, -0.25) is 24.2 Å². The fourth-order valence-electron chi connectivity index (χ4n) is 4.08. The van der Waals surface area contributed by atoms with Gasteiger partial charge in [0.15, 0.2) is 6.61 Å². The van der Waals surface area contributed by atoms with Crippen molar-refractivity contribution in [3.63, 3.8) is 0 Å². The van der Waals surface area contributed by atoms with Gasteiger partial charge in [-0.15, -0.1) is 0 Å². The van der Waals surface area contributed by atoms with E-state index in [9.17, 15) is 14.4 Å². The minimum Gasteiger partial charge on any atom is -0.484 e. The number of hydrogen-bond donors (Lipinski definition) is 3. The van der Waals surface area contributed by atoms with Crippen LogP contribution >= 0.6 is 0 Å². The summed E-state index contributed by atoms with van der Waals surface area (Å²) in [4.78, 5) is 36.0. The molecule has 2 heterocycles. The molecule has 1 aliphatic heterocycles. The maximum atomic E-state index is 12.7. The van der Waals surface area contributed by atoms with Gasteiger partial charge in [0.05, 0.1) is 11.6 Å². The van der Waals surface area contributed by atoms with Crippen LogP contribution in [0, 0.1) is 0 Å². The van der Waals surface area contributed by atoms with Gasteiger partial charge in [-0.1, -0.05) is 25.0 Å². The van der Waals surface area contributed by atoms with Gasteiger partial charge in [0, 0.05) is 12.3 Å². The van der Waals surface area contributed by atoms with Gasteiger partial charge in [-0.2, -0.15) is 0 Å². The molecule has 0 bridgehead atoms. The molecule has 0 saturated heterocycles. The zero-order valence-corrected chi connectivity index (χ0v) is 14.9. The molecule has 142 valence electrons. The maximum absolute atomic E-state index is 12.7. The number of benzene rings is 1. The Balaban J connectivity index is 1.71. The number of hydrogen-bond acceptors (Lipinski definition) is 4. The number of carbonyl (C=O) groups excluding carboxylic acids is 2. The molecule has 1 fully saturated rings. The van der Waals surface area contributed by atoms with Crippen molar-refractivity contribution in [1.82, 2.24) is 9.78 Å². The van der Waals surface area contributed by atoms with E-state index in [1.54, 1.807) is 18.2 Å². The Morgan fingerprint density at radius 3 is 2.78 bits per heavy atom. The molecule has 2 aromatic rings. The van der Waals surface area contributed by atoms with Crippen LogP contribution in [-0.4, -0.2) is 28.2 Å². The van der Waals surface area contributed by atoms with Gasteiger partial charge >= 0.3 is 0 Å². The number of primary amides is 1. The first-order valence-corrected chi connectivity index (χ1v) is 9.18. The number of aromatic amines is 1. The topological polar surface area (TPSA) is 119 Å². The molecule has 1 aromatic carbocycles. The average Bonchev–Trinajstić information content (AvgIpc) is 3.28. The molecule has 1 aromatic heterocycles. The summed E-state index contributed by atoms with van der Waals surface area (Å²) in [6, 6.07) is 7.31. The molecule has 1 aliphatic carbocycles. The third-order valence-corrected chi connectivity index (χ3v) is 5.29. The summed E-state index contributed by atoms with van der Waals surface area (Å²) in [6.45, 7) is -0.224. The Morgan fingerprint density at radius 2 is 2.04 bits per heavy atom. The second-order valence-electron chi connectivity index (χ2n) is 7.14. The number of anilines is 1. The number of amides is 2. The van der Waals surface area contributed by atoms with Crippen molar-refractivity contribution in [2.45, 2.75) is 44.1 Å². The van der Waals surface area contributed by atoms with Crippen LogP contribution in [0.2, 0.25) is 0 Å². The Morgan fingerprint density at radius 1 is 1.26 bits per heavy atom. The number of nitrogens with zero attached hydrogens (tertiary/aromatic N) is 1. The largest absolute Gasteiger partial charge is 0.484 e. The number of aromatic nitrogens is 2. The molecule has 1 atom stereocenters. The second kappa shape index (κ2) is 6.94. The zero-order valence-electron chi connectivity index (χ0n) is 14.9. The molecule has 0 radical (unpaired) electrons. The summed E-state index contributed by atoms with van der Waals surface area (Å²) in [5, 5.41) is 5.81. The molecular formula is C19H22N4O4. The number of H-pyrrole nitrogens is 1. The van der Waals surface area contributed by atoms with Gasteiger partial charge in [-0.25, -0.2) is 0 Å². The Hall–Kier alpha value is -3.03. The number of fused-ring (bicyclic) bond motifs is 1. The van der Waals surface area contributed by atoms with Crippen LogP contribution < -0.4 is 21.3 Å². The summed E-state index contributed by atoms with van der Waals surface area (Å²) in [5.74, 6) is 0.00546. The number of carbonyl (C=O) groups is 2. The average molecular weight is 370 g/mol. The van der Waals surface area contributed by atoms with Gasteiger partial charge in [0.2, 0.25) is 5.91 Å². The molecule has 2 amide bonds. The van der Waals surface area contributed by atoms with Crippen LogP contribution in [0.1, 0.15) is 55.2 Å². The third-order valence-electron chi connectivity index (χ3n) is 5.29. The number of rotatable bonds is 5. The minimum atomic E-state index is -0.565. The van der Waals surface area contributed by atoms with Crippen LogP contribution in [0.4, 0.5) is 5.82 Å². The minimum absolute atomic E-state index is 0.123. The first-order valence-electron chi connectivity index (χ1n) is 9.18. The van der Waals surface area contributed by atoms with Crippen LogP contribution in [-0.2, 0) is 9.59 Å². The van der Waals surface area contributed by atoms with Crippen LogP contribution in [0.5, 0.6) is 5.75 Å². The van der Waals surface area contributed by atoms with Crippen molar-refractivity contribution < 1.29 is 14.3 Å². The van der Waals surface area contributed by atoms with E-state index >= 15 is 0 Å². The monoisotopic (exact) mass is 370 g/mol. The quantitative estimate of drug-likeness (QED) is 0.741. The lowest BCUT2D eigenvalue weighted by molar-refractivity contribution is -0.120. The van der Waals surface area contributed by atoms with E-state index in [0.29, 0.717) is 17.1 Å².